The quantitative estimate of drug-likeness (QED) is 0.445. The summed E-state index contributed by atoms with van der Waals surface area (Å²) in [5.41, 5.74) is 2.62. The molecule has 1 aliphatic heterocycles. The van der Waals surface area contributed by atoms with Crippen molar-refractivity contribution in [2.24, 2.45) is 5.92 Å². The topological polar surface area (TPSA) is 46.6 Å². The van der Waals surface area contributed by atoms with E-state index in [2.05, 4.69) is 6.92 Å². The molecule has 6 heteroatoms. The average Bonchev–Trinajstić information content (AvgIpc) is 3.21. The molecule has 1 aliphatic rings. The number of carbonyl (C=O) groups excluding carboxylic acids is 2. The van der Waals surface area contributed by atoms with Crippen LogP contribution < -0.4 is 0 Å². The highest BCUT2D eigenvalue weighted by Gasteiger charge is 2.44. The molecule has 0 spiro atoms. The predicted octanol–water partition coefficient (Wildman–Crippen LogP) is 6.14. The van der Waals surface area contributed by atoms with Gasteiger partial charge in [-0.25, -0.2) is 4.79 Å². The number of aryl methyl sites for hydroxylation is 1. The first-order valence-electron chi connectivity index (χ1n) is 10.9. The van der Waals surface area contributed by atoms with Crippen molar-refractivity contribution < 1.29 is 14.3 Å². The molecular formula is C25H30ClNO3S. The summed E-state index contributed by atoms with van der Waals surface area (Å²) in [6, 6.07) is 14.6. The normalized spacial score (nSPS) is 18.4. The molecule has 0 saturated carbocycles. The van der Waals surface area contributed by atoms with Gasteiger partial charge >= 0.3 is 5.97 Å². The van der Waals surface area contributed by atoms with Crippen LogP contribution in [0.4, 0.5) is 0 Å². The summed E-state index contributed by atoms with van der Waals surface area (Å²) in [6.45, 7) is 6.49. The maximum atomic E-state index is 13.6. The predicted molar refractivity (Wildman–Crippen MR) is 127 cm³/mol. The Bertz CT molecular complexity index is 900. The largest absolute Gasteiger partial charge is 0.464 e. The van der Waals surface area contributed by atoms with Gasteiger partial charge in [0.15, 0.2) is 0 Å². The second kappa shape index (κ2) is 11.1. The Hall–Kier alpha value is -1.98. The first-order chi connectivity index (χ1) is 14.9. The Kier molecular flexibility index (Phi) is 8.44. The summed E-state index contributed by atoms with van der Waals surface area (Å²) in [6.07, 6.45) is 3.25. The average molecular weight is 460 g/mol. The summed E-state index contributed by atoms with van der Waals surface area (Å²) < 4.78 is 5.50. The van der Waals surface area contributed by atoms with Crippen molar-refractivity contribution in [1.82, 2.24) is 4.90 Å². The van der Waals surface area contributed by atoms with E-state index in [4.69, 9.17) is 16.3 Å². The minimum absolute atomic E-state index is 0.177. The van der Waals surface area contributed by atoms with Gasteiger partial charge in [0.2, 0.25) is 0 Å². The zero-order valence-corrected chi connectivity index (χ0v) is 19.9. The SMILES string of the molecule is CCCCc1ccc(C(=O)N2C(C(=O)OCC(C)C)CSC2c2ccccc2Cl)cc1. The molecule has 31 heavy (non-hydrogen) atoms. The maximum absolute atomic E-state index is 13.6. The first-order valence-corrected chi connectivity index (χ1v) is 12.3. The third-order valence-electron chi connectivity index (χ3n) is 5.26. The molecule has 0 aliphatic carbocycles. The number of amides is 1. The number of benzene rings is 2. The first kappa shape index (κ1) is 23.7. The van der Waals surface area contributed by atoms with E-state index in [0.29, 0.717) is 22.9 Å². The van der Waals surface area contributed by atoms with Crippen molar-refractivity contribution in [3.8, 4) is 0 Å². The summed E-state index contributed by atoms with van der Waals surface area (Å²) in [5, 5.41) is 0.251. The van der Waals surface area contributed by atoms with Gasteiger partial charge in [0.05, 0.1) is 6.61 Å². The van der Waals surface area contributed by atoms with Crippen LogP contribution in [-0.4, -0.2) is 35.2 Å². The zero-order valence-electron chi connectivity index (χ0n) is 18.3. The van der Waals surface area contributed by atoms with Crippen molar-refractivity contribution in [1.29, 1.82) is 0 Å². The van der Waals surface area contributed by atoms with E-state index >= 15 is 0 Å². The van der Waals surface area contributed by atoms with Gasteiger partial charge in [0.1, 0.15) is 11.4 Å². The number of halogens is 1. The van der Waals surface area contributed by atoms with Gasteiger partial charge in [-0.05, 0) is 42.5 Å². The summed E-state index contributed by atoms with van der Waals surface area (Å²) in [7, 11) is 0. The highest BCUT2D eigenvalue weighted by Crippen LogP contribution is 2.44. The summed E-state index contributed by atoms with van der Waals surface area (Å²) in [4.78, 5) is 28.1. The second-order valence-corrected chi connectivity index (χ2v) is 9.78. The van der Waals surface area contributed by atoms with Crippen molar-refractivity contribution in [2.45, 2.75) is 51.4 Å². The lowest BCUT2D eigenvalue weighted by atomic mass is 10.0. The Morgan fingerprint density at radius 2 is 1.87 bits per heavy atom. The molecule has 0 N–H and O–H groups in total. The minimum atomic E-state index is -0.641. The number of nitrogens with zero attached hydrogens (tertiary/aromatic N) is 1. The highest BCUT2D eigenvalue weighted by atomic mass is 35.5. The Morgan fingerprint density at radius 1 is 1.16 bits per heavy atom. The molecule has 0 radical (unpaired) electrons. The van der Waals surface area contributed by atoms with E-state index in [1.165, 1.54) is 5.56 Å². The van der Waals surface area contributed by atoms with Crippen LogP contribution in [0, 0.1) is 5.92 Å². The summed E-state index contributed by atoms with van der Waals surface area (Å²) >= 11 is 8.00. The molecule has 2 unspecified atom stereocenters. The fourth-order valence-electron chi connectivity index (χ4n) is 3.54. The zero-order chi connectivity index (χ0) is 22.4. The molecule has 1 amide bonds. The van der Waals surface area contributed by atoms with Gasteiger partial charge < -0.3 is 9.64 Å². The Balaban J connectivity index is 1.89. The Labute approximate surface area is 194 Å². The van der Waals surface area contributed by atoms with E-state index in [9.17, 15) is 9.59 Å². The van der Waals surface area contributed by atoms with E-state index in [0.717, 1.165) is 24.8 Å². The standard InChI is InChI=1S/C25H30ClNO3S/c1-4-5-8-18-11-13-19(14-12-18)23(28)27-22(25(29)30-15-17(2)3)16-31-24(27)20-9-6-7-10-21(20)26/h6-7,9-14,17,22,24H,4-5,8,15-16H2,1-3H3. The maximum Gasteiger partial charge on any atom is 0.329 e. The van der Waals surface area contributed by atoms with Crippen molar-refractivity contribution >= 4 is 35.2 Å². The number of hydrogen-bond acceptors (Lipinski definition) is 4. The lowest BCUT2D eigenvalue weighted by molar-refractivity contribution is -0.149. The van der Waals surface area contributed by atoms with Crippen LogP contribution in [0.5, 0.6) is 0 Å². The Morgan fingerprint density at radius 3 is 2.52 bits per heavy atom. The third kappa shape index (κ3) is 5.83. The van der Waals surface area contributed by atoms with Gasteiger partial charge in [-0.1, -0.05) is 69.1 Å². The molecule has 2 aromatic rings. The van der Waals surface area contributed by atoms with Gasteiger partial charge in [0.25, 0.3) is 5.91 Å². The summed E-state index contributed by atoms with van der Waals surface area (Å²) in [5.74, 6) is 0.178. The van der Waals surface area contributed by atoms with Gasteiger partial charge in [-0.3, -0.25) is 4.79 Å². The van der Waals surface area contributed by atoms with E-state index in [1.807, 2.05) is 62.4 Å². The molecule has 2 atom stereocenters. The lowest BCUT2D eigenvalue weighted by Gasteiger charge is -2.29. The highest BCUT2D eigenvalue weighted by molar-refractivity contribution is 7.99. The molecule has 3 rings (SSSR count). The third-order valence-corrected chi connectivity index (χ3v) is 6.91. The number of unbranched alkanes of at least 4 members (excludes halogenated alkanes) is 1. The van der Waals surface area contributed by atoms with Gasteiger partial charge in [-0.2, -0.15) is 0 Å². The molecular weight excluding hydrogens is 430 g/mol. The van der Waals surface area contributed by atoms with Crippen molar-refractivity contribution in [3.63, 3.8) is 0 Å². The fraction of sp³-hybridized carbons (Fsp3) is 0.440. The minimum Gasteiger partial charge on any atom is -0.464 e. The smallest absolute Gasteiger partial charge is 0.329 e. The number of ether oxygens (including phenoxy) is 1. The lowest BCUT2D eigenvalue weighted by Crippen LogP contribution is -2.44. The van der Waals surface area contributed by atoms with Crippen LogP contribution in [0.1, 0.15) is 60.5 Å². The monoisotopic (exact) mass is 459 g/mol. The second-order valence-electron chi connectivity index (χ2n) is 8.26. The van der Waals surface area contributed by atoms with E-state index in [1.54, 1.807) is 16.7 Å². The number of rotatable bonds is 8. The van der Waals surface area contributed by atoms with Crippen LogP contribution in [0.25, 0.3) is 0 Å². The van der Waals surface area contributed by atoms with Crippen LogP contribution in [-0.2, 0) is 16.0 Å². The molecule has 1 heterocycles. The van der Waals surface area contributed by atoms with Crippen molar-refractivity contribution in [2.75, 3.05) is 12.4 Å². The van der Waals surface area contributed by atoms with Gasteiger partial charge in [0, 0.05) is 21.9 Å². The van der Waals surface area contributed by atoms with Crippen LogP contribution in [0.15, 0.2) is 48.5 Å². The molecule has 0 aromatic heterocycles. The number of hydrogen-bond donors (Lipinski definition) is 0. The van der Waals surface area contributed by atoms with Crippen LogP contribution in [0.2, 0.25) is 5.02 Å². The molecule has 2 aromatic carbocycles. The number of carbonyl (C=O) groups is 2. The van der Waals surface area contributed by atoms with E-state index < -0.39 is 6.04 Å². The fourth-order valence-corrected chi connectivity index (χ4v) is 5.29. The van der Waals surface area contributed by atoms with E-state index in [-0.39, 0.29) is 23.2 Å². The molecule has 0 bridgehead atoms. The molecule has 1 saturated heterocycles. The van der Waals surface area contributed by atoms with Crippen LogP contribution >= 0.6 is 23.4 Å². The molecule has 166 valence electrons. The van der Waals surface area contributed by atoms with Gasteiger partial charge in [-0.15, -0.1) is 11.8 Å². The number of thioether (sulfide) groups is 1. The molecule has 1 fully saturated rings. The van der Waals surface area contributed by atoms with Crippen LogP contribution in [0.3, 0.4) is 0 Å². The molecule has 4 nitrogen and oxygen atoms in total. The number of esters is 1. The van der Waals surface area contributed by atoms with Crippen molar-refractivity contribution in [3.05, 3.63) is 70.2 Å².